The molecule has 0 aliphatic carbocycles. The molecule has 8 heteroatoms. The zero-order valence-electron chi connectivity index (χ0n) is 16.4. The van der Waals surface area contributed by atoms with Gasteiger partial charge in [0.1, 0.15) is 17.3 Å². The molecule has 4 rings (SSSR count). The summed E-state index contributed by atoms with van der Waals surface area (Å²) in [7, 11) is 0. The number of nitrogens with one attached hydrogen (secondary N) is 1. The zero-order chi connectivity index (χ0) is 21.1. The summed E-state index contributed by atoms with van der Waals surface area (Å²) >= 11 is 0. The van der Waals surface area contributed by atoms with Crippen LogP contribution in [-0.2, 0) is 16.1 Å². The molecule has 1 N–H and O–H groups in total. The number of halogens is 2. The average Bonchev–Trinajstić information content (AvgIpc) is 3.26. The minimum atomic E-state index is -0.468. The summed E-state index contributed by atoms with van der Waals surface area (Å²) in [6.07, 6.45) is 2.48. The predicted molar refractivity (Wildman–Crippen MR) is 110 cm³/mol. The van der Waals surface area contributed by atoms with E-state index in [0.29, 0.717) is 11.3 Å². The van der Waals surface area contributed by atoms with Crippen LogP contribution >= 0.6 is 0 Å². The standard InChI is InChI=1S/C22H22F2N4O2/c23-16-5-3-15(4-6-16)14-28-21(29)8-7-20(26-28)22(30)25-18-11-17(24)12-19(13-18)27-9-1-2-10-27/h3-6,11-13H,1-2,7-10,14H2,(H,25,30). The van der Waals surface area contributed by atoms with Gasteiger partial charge in [0.05, 0.1) is 6.54 Å². The van der Waals surface area contributed by atoms with E-state index in [1.165, 1.54) is 29.3 Å². The summed E-state index contributed by atoms with van der Waals surface area (Å²) in [6.45, 7) is 1.88. The summed E-state index contributed by atoms with van der Waals surface area (Å²) in [5.41, 5.74) is 1.99. The topological polar surface area (TPSA) is 65.0 Å². The summed E-state index contributed by atoms with van der Waals surface area (Å²) in [5.74, 6) is -1.47. The number of hydrazone groups is 1. The first-order chi connectivity index (χ1) is 14.5. The number of hydrogen-bond donors (Lipinski definition) is 1. The largest absolute Gasteiger partial charge is 0.371 e. The van der Waals surface area contributed by atoms with Crippen molar-refractivity contribution in [3.63, 3.8) is 0 Å². The highest BCUT2D eigenvalue weighted by atomic mass is 19.1. The van der Waals surface area contributed by atoms with Crippen molar-refractivity contribution >= 4 is 28.9 Å². The molecule has 0 radical (unpaired) electrons. The van der Waals surface area contributed by atoms with Crippen molar-refractivity contribution in [1.82, 2.24) is 5.01 Å². The fraction of sp³-hybridized carbons (Fsp3) is 0.318. The Morgan fingerprint density at radius 2 is 1.73 bits per heavy atom. The van der Waals surface area contributed by atoms with Crippen molar-refractivity contribution in [2.45, 2.75) is 32.2 Å². The summed E-state index contributed by atoms with van der Waals surface area (Å²) in [6, 6.07) is 10.2. The van der Waals surface area contributed by atoms with E-state index in [2.05, 4.69) is 15.3 Å². The van der Waals surface area contributed by atoms with Crippen LogP contribution in [0.4, 0.5) is 20.2 Å². The van der Waals surface area contributed by atoms with Crippen LogP contribution in [0, 0.1) is 11.6 Å². The van der Waals surface area contributed by atoms with Gasteiger partial charge in [-0.2, -0.15) is 5.10 Å². The molecule has 2 amide bonds. The van der Waals surface area contributed by atoms with Gasteiger partial charge in [-0.3, -0.25) is 9.59 Å². The van der Waals surface area contributed by atoms with Crippen LogP contribution in [0.3, 0.4) is 0 Å². The molecule has 156 valence electrons. The third-order valence-corrected chi connectivity index (χ3v) is 5.22. The second-order valence-corrected chi connectivity index (χ2v) is 7.47. The normalized spacial score (nSPS) is 16.6. The molecule has 1 fully saturated rings. The van der Waals surface area contributed by atoms with E-state index in [1.54, 1.807) is 18.2 Å². The zero-order valence-corrected chi connectivity index (χ0v) is 16.4. The second kappa shape index (κ2) is 8.61. The van der Waals surface area contributed by atoms with Crippen molar-refractivity contribution in [1.29, 1.82) is 0 Å². The van der Waals surface area contributed by atoms with E-state index >= 15 is 0 Å². The molecule has 2 aromatic carbocycles. The highest BCUT2D eigenvalue weighted by Gasteiger charge is 2.25. The van der Waals surface area contributed by atoms with Gasteiger partial charge in [-0.1, -0.05) is 12.1 Å². The molecule has 2 heterocycles. The van der Waals surface area contributed by atoms with Crippen LogP contribution in [0.1, 0.15) is 31.2 Å². The molecule has 30 heavy (non-hydrogen) atoms. The van der Waals surface area contributed by atoms with Gasteiger partial charge in [-0.05, 0) is 48.7 Å². The van der Waals surface area contributed by atoms with Crippen LogP contribution in [0.15, 0.2) is 47.6 Å². The molecule has 1 saturated heterocycles. The first-order valence-corrected chi connectivity index (χ1v) is 9.97. The third-order valence-electron chi connectivity index (χ3n) is 5.22. The van der Waals surface area contributed by atoms with Crippen LogP contribution in [0.25, 0.3) is 0 Å². The molecule has 0 bridgehead atoms. The Hall–Kier alpha value is -3.29. The molecule has 2 aromatic rings. The molecule has 0 unspecified atom stereocenters. The average molecular weight is 412 g/mol. The number of anilines is 2. The van der Waals surface area contributed by atoms with Crippen LogP contribution in [0.5, 0.6) is 0 Å². The maximum Gasteiger partial charge on any atom is 0.271 e. The predicted octanol–water partition coefficient (Wildman–Crippen LogP) is 3.68. The fourth-order valence-electron chi connectivity index (χ4n) is 3.66. The Bertz CT molecular complexity index is 985. The van der Waals surface area contributed by atoms with Gasteiger partial charge in [-0.25, -0.2) is 13.8 Å². The Morgan fingerprint density at radius 1 is 1.00 bits per heavy atom. The van der Waals surface area contributed by atoms with E-state index in [4.69, 9.17) is 0 Å². The van der Waals surface area contributed by atoms with Gasteiger partial charge < -0.3 is 10.2 Å². The first kappa shape index (κ1) is 20.0. The number of hydrogen-bond acceptors (Lipinski definition) is 4. The highest BCUT2D eigenvalue weighted by Crippen LogP contribution is 2.25. The number of rotatable bonds is 5. The van der Waals surface area contributed by atoms with E-state index < -0.39 is 11.7 Å². The Kier molecular flexibility index (Phi) is 5.74. The van der Waals surface area contributed by atoms with Gasteiger partial charge in [0.25, 0.3) is 5.91 Å². The second-order valence-electron chi connectivity index (χ2n) is 7.47. The minimum Gasteiger partial charge on any atom is -0.371 e. The maximum atomic E-state index is 14.1. The molecule has 0 spiro atoms. The number of benzene rings is 2. The monoisotopic (exact) mass is 412 g/mol. The smallest absolute Gasteiger partial charge is 0.271 e. The third kappa shape index (κ3) is 4.64. The van der Waals surface area contributed by atoms with Gasteiger partial charge >= 0.3 is 0 Å². The molecule has 0 saturated carbocycles. The number of carbonyl (C=O) groups is 2. The molecule has 0 atom stereocenters. The number of amides is 2. The van der Waals surface area contributed by atoms with Gasteiger partial charge in [0.2, 0.25) is 5.91 Å². The van der Waals surface area contributed by atoms with Gasteiger partial charge in [0, 0.05) is 37.3 Å². The fourth-order valence-corrected chi connectivity index (χ4v) is 3.66. The van der Waals surface area contributed by atoms with Gasteiger partial charge in [0.15, 0.2) is 0 Å². The number of carbonyl (C=O) groups excluding carboxylic acids is 2. The lowest BCUT2D eigenvalue weighted by Gasteiger charge is -2.23. The van der Waals surface area contributed by atoms with Crippen molar-refractivity contribution in [2.24, 2.45) is 5.10 Å². The van der Waals surface area contributed by atoms with Crippen LogP contribution < -0.4 is 10.2 Å². The SMILES string of the molecule is O=C(Nc1cc(F)cc(N2CCCC2)c1)C1=NN(Cc2ccc(F)cc2)C(=O)CC1. The van der Waals surface area contributed by atoms with Gasteiger partial charge in [-0.15, -0.1) is 0 Å². The highest BCUT2D eigenvalue weighted by molar-refractivity contribution is 6.43. The van der Waals surface area contributed by atoms with E-state index in [1.807, 2.05) is 0 Å². The summed E-state index contributed by atoms with van der Waals surface area (Å²) in [4.78, 5) is 27.0. The minimum absolute atomic E-state index is 0.148. The molecule has 6 nitrogen and oxygen atoms in total. The van der Waals surface area contributed by atoms with Crippen LogP contribution in [-0.4, -0.2) is 35.6 Å². The molecule has 0 aromatic heterocycles. The number of nitrogens with zero attached hydrogens (tertiary/aromatic N) is 3. The quantitative estimate of drug-likeness (QED) is 0.815. The van der Waals surface area contributed by atoms with Crippen molar-refractivity contribution < 1.29 is 18.4 Å². The molecule has 2 aliphatic heterocycles. The lowest BCUT2D eigenvalue weighted by Crippen LogP contribution is -2.36. The summed E-state index contributed by atoms with van der Waals surface area (Å²) < 4.78 is 27.2. The molecular weight excluding hydrogens is 390 g/mol. The molecule has 2 aliphatic rings. The Labute approximate surface area is 173 Å². The Balaban J connectivity index is 1.48. The van der Waals surface area contributed by atoms with Crippen molar-refractivity contribution in [3.8, 4) is 0 Å². The Morgan fingerprint density at radius 3 is 2.47 bits per heavy atom. The first-order valence-electron chi connectivity index (χ1n) is 9.97. The molecular formula is C22H22F2N4O2. The van der Waals surface area contributed by atoms with Crippen LogP contribution in [0.2, 0.25) is 0 Å². The van der Waals surface area contributed by atoms with Crippen molar-refractivity contribution in [3.05, 3.63) is 59.7 Å². The summed E-state index contributed by atoms with van der Waals surface area (Å²) in [5, 5.41) is 8.10. The lowest BCUT2D eigenvalue weighted by atomic mass is 10.1. The maximum absolute atomic E-state index is 14.1. The van der Waals surface area contributed by atoms with E-state index in [-0.39, 0.29) is 36.8 Å². The van der Waals surface area contributed by atoms with E-state index in [0.717, 1.165) is 31.6 Å². The lowest BCUT2D eigenvalue weighted by molar-refractivity contribution is -0.132. The van der Waals surface area contributed by atoms with E-state index in [9.17, 15) is 18.4 Å². The van der Waals surface area contributed by atoms with Crippen molar-refractivity contribution in [2.75, 3.05) is 23.3 Å².